The van der Waals surface area contributed by atoms with Crippen molar-refractivity contribution in [3.63, 3.8) is 0 Å². The summed E-state index contributed by atoms with van der Waals surface area (Å²) < 4.78 is 10.4. The Bertz CT molecular complexity index is 441. The Morgan fingerprint density at radius 1 is 1.32 bits per heavy atom. The van der Waals surface area contributed by atoms with Crippen molar-refractivity contribution in [3.05, 3.63) is 29.8 Å². The van der Waals surface area contributed by atoms with E-state index in [0.717, 1.165) is 0 Å². The first-order chi connectivity index (χ1) is 9.26. The molecule has 0 spiro atoms. The normalized spacial score (nSPS) is 9.89. The Kier molecular flexibility index (Phi) is 7.25. The lowest BCUT2D eigenvalue weighted by Gasteiger charge is -2.06. The minimum absolute atomic E-state index is 0.133. The number of nitrogens with one attached hydrogen (secondary N) is 1. The van der Waals surface area contributed by atoms with Gasteiger partial charge in [0, 0.05) is 12.3 Å². The Morgan fingerprint density at radius 3 is 2.84 bits per heavy atom. The number of rotatable bonds is 8. The van der Waals surface area contributed by atoms with Crippen LogP contribution < -0.4 is 5.32 Å². The van der Waals surface area contributed by atoms with E-state index in [4.69, 9.17) is 14.7 Å². The van der Waals surface area contributed by atoms with Gasteiger partial charge in [0.05, 0.1) is 37.9 Å². The van der Waals surface area contributed by atoms with E-state index in [0.29, 0.717) is 37.7 Å². The summed E-state index contributed by atoms with van der Waals surface area (Å²) in [6.07, 6.45) is 0.281. The molecule has 0 radical (unpaired) electrons. The molecule has 5 heteroatoms. The molecule has 0 unspecified atom stereocenters. The lowest BCUT2D eigenvalue weighted by atomic mass is 10.2. The number of nitriles is 1. The highest BCUT2D eigenvalue weighted by Gasteiger charge is 2.03. The number of hydrogen-bond acceptors (Lipinski definition) is 4. The van der Waals surface area contributed by atoms with Crippen LogP contribution in [0.15, 0.2) is 24.3 Å². The molecule has 0 aliphatic heterocycles. The highest BCUT2D eigenvalue weighted by atomic mass is 16.5. The quantitative estimate of drug-likeness (QED) is 0.727. The monoisotopic (exact) mass is 262 g/mol. The van der Waals surface area contributed by atoms with Crippen LogP contribution in [0.4, 0.5) is 5.69 Å². The van der Waals surface area contributed by atoms with Crippen molar-refractivity contribution in [2.45, 2.75) is 13.3 Å². The highest BCUT2D eigenvalue weighted by Crippen LogP contribution is 2.09. The smallest absolute Gasteiger partial charge is 0.226 e. The van der Waals surface area contributed by atoms with Gasteiger partial charge in [-0.25, -0.2) is 0 Å². The third-order valence-corrected chi connectivity index (χ3v) is 2.33. The molecule has 19 heavy (non-hydrogen) atoms. The molecule has 0 bridgehead atoms. The van der Waals surface area contributed by atoms with Crippen LogP contribution in [0.3, 0.4) is 0 Å². The third-order valence-electron chi connectivity index (χ3n) is 2.33. The summed E-state index contributed by atoms with van der Waals surface area (Å²) in [5.41, 5.74) is 1.14. The van der Waals surface area contributed by atoms with E-state index in [2.05, 4.69) is 5.32 Å². The number of carbonyl (C=O) groups is 1. The Hall–Kier alpha value is -1.90. The predicted molar refractivity (Wildman–Crippen MR) is 71.7 cm³/mol. The molecule has 5 nitrogen and oxygen atoms in total. The maximum atomic E-state index is 11.6. The summed E-state index contributed by atoms with van der Waals surface area (Å²) in [4.78, 5) is 11.6. The number of carbonyl (C=O) groups excluding carboxylic acids is 1. The van der Waals surface area contributed by atoms with Crippen LogP contribution in [0.25, 0.3) is 0 Å². The van der Waals surface area contributed by atoms with Crippen molar-refractivity contribution in [2.75, 3.05) is 31.7 Å². The number of benzene rings is 1. The fraction of sp³-hybridized carbons (Fsp3) is 0.429. The van der Waals surface area contributed by atoms with Crippen LogP contribution in [0.5, 0.6) is 0 Å². The minimum Gasteiger partial charge on any atom is -0.379 e. The van der Waals surface area contributed by atoms with E-state index in [-0.39, 0.29) is 12.3 Å². The summed E-state index contributed by atoms with van der Waals surface area (Å²) >= 11 is 0. The number of nitrogens with zero attached hydrogens (tertiary/aromatic N) is 1. The molecule has 0 fully saturated rings. The number of hydrogen-bond donors (Lipinski definition) is 1. The number of amides is 1. The van der Waals surface area contributed by atoms with Crippen LogP contribution in [0.1, 0.15) is 18.9 Å². The maximum Gasteiger partial charge on any atom is 0.226 e. The average molecular weight is 262 g/mol. The molecule has 102 valence electrons. The first-order valence-corrected chi connectivity index (χ1v) is 6.21. The van der Waals surface area contributed by atoms with Gasteiger partial charge in [-0.2, -0.15) is 5.26 Å². The van der Waals surface area contributed by atoms with Crippen LogP contribution in [-0.4, -0.2) is 32.3 Å². The van der Waals surface area contributed by atoms with Gasteiger partial charge in [0.2, 0.25) is 5.91 Å². The molecule has 0 heterocycles. The predicted octanol–water partition coefficient (Wildman–Crippen LogP) is 1.94. The largest absolute Gasteiger partial charge is 0.379 e. The molecular weight excluding hydrogens is 244 g/mol. The molecule has 0 saturated heterocycles. The zero-order valence-electron chi connectivity index (χ0n) is 11.0. The molecule has 0 saturated carbocycles. The molecule has 1 aromatic carbocycles. The zero-order chi connectivity index (χ0) is 13.9. The molecular formula is C14H18N2O3. The second-order valence-electron chi connectivity index (χ2n) is 3.80. The van der Waals surface area contributed by atoms with Crippen LogP contribution in [0.2, 0.25) is 0 Å². The Labute approximate surface area is 113 Å². The standard InChI is InChI=1S/C14H18N2O3/c1-2-18-8-9-19-7-6-14(17)16-13-5-3-4-12(10-13)11-15/h3-5,10H,2,6-9H2,1H3,(H,16,17). The number of ether oxygens (including phenoxy) is 2. The van der Waals surface area contributed by atoms with Crippen molar-refractivity contribution in [2.24, 2.45) is 0 Å². The Balaban J connectivity index is 2.22. The van der Waals surface area contributed by atoms with Crippen LogP contribution >= 0.6 is 0 Å². The van der Waals surface area contributed by atoms with Gasteiger partial charge in [-0.05, 0) is 25.1 Å². The van der Waals surface area contributed by atoms with Crippen molar-refractivity contribution >= 4 is 11.6 Å². The summed E-state index contributed by atoms with van der Waals surface area (Å²) in [5.74, 6) is -0.133. The van der Waals surface area contributed by atoms with E-state index >= 15 is 0 Å². The molecule has 1 aromatic rings. The topological polar surface area (TPSA) is 71.3 Å². The fourth-order valence-corrected chi connectivity index (χ4v) is 1.42. The second kappa shape index (κ2) is 9.09. The SMILES string of the molecule is CCOCCOCCC(=O)Nc1cccc(C#N)c1. The first kappa shape index (κ1) is 15.2. The summed E-state index contributed by atoms with van der Waals surface area (Å²) in [7, 11) is 0. The van der Waals surface area contributed by atoms with Crippen LogP contribution in [-0.2, 0) is 14.3 Å². The van der Waals surface area contributed by atoms with Gasteiger partial charge >= 0.3 is 0 Å². The molecule has 0 aromatic heterocycles. The van der Waals surface area contributed by atoms with Gasteiger partial charge in [0.1, 0.15) is 0 Å². The van der Waals surface area contributed by atoms with Crippen molar-refractivity contribution in [1.82, 2.24) is 0 Å². The fourth-order valence-electron chi connectivity index (χ4n) is 1.42. The summed E-state index contributed by atoms with van der Waals surface area (Å²) in [6, 6.07) is 8.82. The molecule has 0 aliphatic carbocycles. The first-order valence-electron chi connectivity index (χ1n) is 6.21. The second-order valence-corrected chi connectivity index (χ2v) is 3.80. The van der Waals surface area contributed by atoms with E-state index in [1.165, 1.54) is 0 Å². The lowest BCUT2D eigenvalue weighted by molar-refractivity contribution is -0.117. The molecule has 1 amide bonds. The molecule has 1 N–H and O–H groups in total. The van der Waals surface area contributed by atoms with Crippen molar-refractivity contribution < 1.29 is 14.3 Å². The van der Waals surface area contributed by atoms with Crippen molar-refractivity contribution in [1.29, 1.82) is 5.26 Å². The highest BCUT2D eigenvalue weighted by molar-refractivity contribution is 5.90. The van der Waals surface area contributed by atoms with Gasteiger partial charge in [0.15, 0.2) is 0 Å². The third kappa shape index (κ3) is 6.55. The van der Waals surface area contributed by atoms with E-state index in [1.54, 1.807) is 24.3 Å². The van der Waals surface area contributed by atoms with Gasteiger partial charge in [0.25, 0.3) is 0 Å². The lowest BCUT2D eigenvalue weighted by Crippen LogP contribution is -2.15. The Morgan fingerprint density at radius 2 is 2.11 bits per heavy atom. The maximum absolute atomic E-state index is 11.6. The van der Waals surface area contributed by atoms with E-state index in [9.17, 15) is 4.79 Å². The van der Waals surface area contributed by atoms with Crippen LogP contribution in [0, 0.1) is 11.3 Å². The molecule has 0 atom stereocenters. The van der Waals surface area contributed by atoms with Gasteiger partial charge in [-0.1, -0.05) is 6.07 Å². The van der Waals surface area contributed by atoms with E-state index in [1.807, 2.05) is 13.0 Å². The molecule has 0 aliphatic rings. The molecule has 1 rings (SSSR count). The van der Waals surface area contributed by atoms with Gasteiger partial charge < -0.3 is 14.8 Å². The van der Waals surface area contributed by atoms with Crippen molar-refractivity contribution in [3.8, 4) is 6.07 Å². The summed E-state index contributed by atoms with van der Waals surface area (Å²) in [6.45, 7) is 3.98. The average Bonchev–Trinajstić information content (AvgIpc) is 2.43. The van der Waals surface area contributed by atoms with Gasteiger partial charge in [-0.15, -0.1) is 0 Å². The number of anilines is 1. The summed E-state index contributed by atoms with van der Waals surface area (Å²) in [5, 5.41) is 11.5. The van der Waals surface area contributed by atoms with Gasteiger partial charge in [-0.3, -0.25) is 4.79 Å². The zero-order valence-corrected chi connectivity index (χ0v) is 11.0. The minimum atomic E-state index is -0.133. The van der Waals surface area contributed by atoms with E-state index < -0.39 is 0 Å².